The Morgan fingerprint density at radius 1 is 0.969 bits per heavy atom. The van der Waals surface area contributed by atoms with Crippen LogP contribution in [0.1, 0.15) is 27.1 Å². The van der Waals surface area contributed by atoms with E-state index in [4.69, 9.17) is 4.74 Å². The van der Waals surface area contributed by atoms with Crippen molar-refractivity contribution in [3.8, 4) is 0 Å². The molecule has 10 heteroatoms. The molecule has 32 heavy (non-hydrogen) atoms. The van der Waals surface area contributed by atoms with Gasteiger partial charge in [0, 0.05) is 24.2 Å². The van der Waals surface area contributed by atoms with Crippen molar-refractivity contribution in [1.29, 1.82) is 0 Å². The summed E-state index contributed by atoms with van der Waals surface area (Å²) in [5.74, 6) is -3.45. The van der Waals surface area contributed by atoms with E-state index in [9.17, 15) is 24.0 Å². The molecule has 1 heterocycles. The Bertz CT molecular complexity index is 1020. The van der Waals surface area contributed by atoms with E-state index in [-0.39, 0.29) is 18.9 Å². The highest BCUT2D eigenvalue weighted by Gasteiger charge is 2.36. The van der Waals surface area contributed by atoms with Crippen LogP contribution in [0.2, 0.25) is 0 Å². The Morgan fingerprint density at radius 2 is 1.66 bits per heavy atom. The quantitative estimate of drug-likeness (QED) is 0.503. The second kappa shape index (κ2) is 10.2. The number of methoxy groups -OCH3 is 1. The molecular formula is C22H21N3O7. The summed E-state index contributed by atoms with van der Waals surface area (Å²) in [6.45, 7) is -0.520. The molecule has 1 aliphatic rings. The van der Waals surface area contributed by atoms with Gasteiger partial charge in [0.15, 0.2) is 6.61 Å². The van der Waals surface area contributed by atoms with Crippen molar-refractivity contribution < 1.29 is 33.4 Å². The Hall–Kier alpha value is -4.21. The van der Waals surface area contributed by atoms with Crippen LogP contribution in [0.3, 0.4) is 0 Å². The van der Waals surface area contributed by atoms with Gasteiger partial charge in [-0.3, -0.25) is 30.0 Å². The number of carbonyl (C=O) groups excluding carboxylic acids is 5. The second-order valence-corrected chi connectivity index (χ2v) is 6.92. The molecule has 0 unspecified atom stereocenters. The summed E-state index contributed by atoms with van der Waals surface area (Å²) in [6, 6.07) is 14.5. The number of esters is 2. The summed E-state index contributed by atoms with van der Waals surface area (Å²) in [6.07, 6.45) is -0.0655. The maximum Gasteiger partial charge on any atom is 0.337 e. The number of carbonyl (C=O) groups is 5. The molecule has 10 nitrogen and oxygen atoms in total. The zero-order valence-corrected chi connectivity index (χ0v) is 17.2. The van der Waals surface area contributed by atoms with E-state index in [0.717, 1.165) is 0 Å². The topological polar surface area (TPSA) is 131 Å². The van der Waals surface area contributed by atoms with Crippen molar-refractivity contribution in [3.63, 3.8) is 0 Å². The van der Waals surface area contributed by atoms with Gasteiger partial charge in [-0.25, -0.2) is 4.79 Å². The van der Waals surface area contributed by atoms with E-state index in [2.05, 4.69) is 15.6 Å². The molecule has 1 atom stereocenters. The first-order valence-electron chi connectivity index (χ1n) is 9.68. The zero-order chi connectivity index (χ0) is 23.1. The molecule has 2 N–H and O–H groups in total. The van der Waals surface area contributed by atoms with Crippen LogP contribution in [0.4, 0.5) is 5.69 Å². The van der Waals surface area contributed by atoms with Crippen LogP contribution >= 0.6 is 0 Å². The number of rotatable bonds is 6. The zero-order valence-electron chi connectivity index (χ0n) is 17.2. The first-order valence-corrected chi connectivity index (χ1v) is 9.68. The normalized spacial score (nSPS) is 15.1. The van der Waals surface area contributed by atoms with Crippen LogP contribution in [-0.2, 0) is 23.9 Å². The first-order chi connectivity index (χ1) is 15.4. The molecule has 0 aromatic heterocycles. The first kappa shape index (κ1) is 22.5. The van der Waals surface area contributed by atoms with Crippen molar-refractivity contribution in [2.24, 2.45) is 5.92 Å². The standard InChI is InChI=1S/C22H21N3O7/c1-31-21(29)15-7-9-17(10-8-15)25-12-16(11-19(25)27)22(30)32-13-18(26)23-24-20(28)14-5-3-2-4-6-14/h2-10,16H,11-13H2,1H3,(H,23,26)(H,24,28)/t16-/m1/s1. The van der Waals surface area contributed by atoms with E-state index < -0.39 is 36.3 Å². The highest BCUT2D eigenvalue weighted by atomic mass is 16.5. The molecule has 1 saturated heterocycles. The largest absolute Gasteiger partial charge is 0.465 e. The lowest BCUT2D eigenvalue weighted by Crippen LogP contribution is -2.43. The Morgan fingerprint density at radius 3 is 2.31 bits per heavy atom. The van der Waals surface area contributed by atoms with Crippen molar-refractivity contribution >= 4 is 35.3 Å². The predicted octanol–water partition coefficient (Wildman–Crippen LogP) is 0.831. The molecule has 0 spiro atoms. The van der Waals surface area contributed by atoms with E-state index in [0.29, 0.717) is 16.8 Å². The molecule has 0 aliphatic carbocycles. The van der Waals surface area contributed by atoms with Crippen LogP contribution in [0.25, 0.3) is 0 Å². The summed E-state index contributed by atoms with van der Waals surface area (Å²) in [7, 11) is 1.27. The molecule has 0 radical (unpaired) electrons. The Kier molecular flexibility index (Phi) is 7.17. The summed E-state index contributed by atoms with van der Waals surface area (Å²) in [5.41, 5.74) is 5.60. The van der Waals surface area contributed by atoms with Crippen molar-refractivity contribution in [2.45, 2.75) is 6.42 Å². The van der Waals surface area contributed by atoms with Gasteiger partial charge >= 0.3 is 11.9 Å². The Labute approximate surface area is 183 Å². The third-order valence-corrected chi connectivity index (χ3v) is 4.76. The van der Waals surface area contributed by atoms with Gasteiger partial charge < -0.3 is 14.4 Å². The molecule has 1 aliphatic heterocycles. The summed E-state index contributed by atoms with van der Waals surface area (Å²) in [5, 5.41) is 0. The number of nitrogens with zero attached hydrogens (tertiary/aromatic N) is 1. The molecule has 2 aromatic carbocycles. The van der Waals surface area contributed by atoms with Gasteiger partial charge in [-0.05, 0) is 36.4 Å². The van der Waals surface area contributed by atoms with Crippen LogP contribution < -0.4 is 15.8 Å². The van der Waals surface area contributed by atoms with Gasteiger partial charge in [-0.1, -0.05) is 18.2 Å². The number of benzene rings is 2. The number of anilines is 1. The predicted molar refractivity (Wildman–Crippen MR) is 111 cm³/mol. The summed E-state index contributed by atoms with van der Waals surface area (Å²) >= 11 is 0. The second-order valence-electron chi connectivity index (χ2n) is 6.92. The number of ether oxygens (including phenoxy) is 2. The lowest BCUT2D eigenvalue weighted by atomic mass is 10.1. The minimum absolute atomic E-state index is 0.0655. The fraction of sp³-hybridized carbons (Fsp3) is 0.227. The molecule has 3 rings (SSSR count). The highest BCUT2D eigenvalue weighted by Crippen LogP contribution is 2.26. The van der Waals surface area contributed by atoms with Crippen LogP contribution in [0.15, 0.2) is 54.6 Å². The minimum Gasteiger partial charge on any atom is -0.465 e. The molecule has 1 fully saturated rings. The fourth-order valence-corrected chi connectivity index (χ4v) is 3.09. The van der Waals surface area contributed by atoms with Crippen LogP contribution in [0, 0.1) is 5.92 Å². The fourth-order valence-electron chi connectivity index (χ4n) is 3.09. The van der Waals surface area contributed by atoms with Gasteiger partial charge in [-0.2, -0.15) is 0 Å². The highest BCUT2D eigenvalue weighted by molar-refractivity contribution is 6.00. The monoisotopic (exact) mass is 439 g/mol. The SMILES string of the molecule is COC(=O)c1ccc(N2C[C@H](C(=O)OCC(=O)NNC(=O)c3ccccc3)CC2=O)cc1. The van der Waals surface area contributed by atoms with Crippen LogP contribution in [-0.4, -0.2) is 49.9 Å². The maximum atomic E-state index is 12.3. The smallest absolute Gasteiger partial charge is 0.337 e. The summed E-state index contributed by atoms with van der Waals surface area (Å²) < 4.78 is 9.61. The molecule has 0 bridgehead atoms. The lowest BCUT2D eigenvalue weighted by molar-refractivity contribution is -0.152. The molecular weight excluding hydrogens is 418 g/mol. The average molecular weight is 439 g/mol. The number of hydrazine groups is 1. The van der Waals surface area contributed by atoms with E-state index in [1.807, 2.05) is 0 Å². The van der Waals surface area contributed by atoms with Crippen molar-refractivity contribution in [2.75, 3.05) is 25.2 Å². The van der Waals surface area contributed by atoms with E-state index >= 15 is 0 Å². The molecule has 0 saturated carbocycles. The molecule has 166 valence electrons. The minimum atomic E-state index is -0.741. The molecule has 3 amide bonds. The van der Waals surface area contributed by atoms with Crippen molar-refractivity contribution in [3.05, 3.63) is 65.7 Å². The number of hydrogen-bond acceptors (Lipinski definition) is 7. The maximum absolute atomic E-state index is 12.3. The Balaban J connectivity index is 1.46. The van der Waals surface area contributed by atoms with Crippen molar-refractivity contribution in [1.82, 2.24) is 10.9 Å². The molecule has 2 aromatic rings. The number of nitrogens with one attached hydrogen (secondary N) is 2. The van der Waals surface area contributed by atoms with E-state index in [1.54, 1.807) is 42.5 Å². The summed E-state index contributed by atoms with van der Waals surface area (Å²) in [4.78, 5) is 61.2. The third kappa shape index (κ3) is 5.48. The van der Waals surface area contributed by atoms with Gasteiger partial charge in [0.1, 0.15) is 0 Å². The van der Waals surface area contributed by atoms with Gasteiger partial charge in [0.25, 0.3) is 11.8 Å². The average Bonchev–Trinajstić information content (AvgIpc) is 3.22. The number of amides is 3. The van der Waals surface area contributed by atoms with Gasteiger partial charge in [-0.15, -0.1) is 0 Å². The van der Waals surface area contributed by atoms with Gasteiger partial charge in [0.05, 0.1) is 18.6 Å². The van der Waals surface area contributed by atoms with Gasteiger partial charge in [0.2, 0.25) is 5.91 Å². The lowest BCUT2D eigenvalue weighted by Gasteiger charge is -2.16. The number of hydrogen-bond donors (Lipinski definition) is 2. The third-order valence-electron chi connectivity index (χ3n) is 4.76. The van der Waals surface area contributed by atoms with Crippen LogP contribution in [0.5, 0.6) is 0 Å². The van der Waals surface area contributed by atoms with E-state index in [1.165, 1.54) is 24.1 Å².